The smallest absolute Gasteiger partial charge is 0.324 e. The van der Waals surface area contributed by atoms with Crippen LogP contribution in [0, 0.1) is 19.7 Å². The molecule has 1 aliphatic rings. The predicted molar refractivity (Wildman–Crippen MR) is 78.2 cm³/mol. The highest BCUT2D eigenvalue weighted by atomic mass is 19.1. The van der Waals surface area contributed by atoms with E-state index in [-0.39, 0.29) is 27.8 Å². The van der Waals surface area contributed by atoms with Crippen molar-refractivity contribution in [2.75, 3.05) is 0 Å². The molecule has 3 rings (SSSR count). The van der Waals surface area contributed by atoms with E-state index in [9.17, 15) is 18.8 Å². The van der Waals surface area contributed by atoms with Gasteiger partial charge in [0.15, 0.2) is 0 Å². The van der Waals surface area contributed by atoms with Crippen molar-refractivity contribution >= 4 is 17.8 Å². The molecule has 0 radical (unpaired) electrons. The third kappa shape index (κ3) is 2.38. The van der Waals surface area contributed by atoms with E-state index in [4.69, 9.17) is 4.84 Å². The molecule has 0 N–H and O–H groups in total. The van der Waals surface area contributed by atoms with Gasteiger partial charge in [-0.15, -0.1) is 0 Å². The van der Waals surface area contributed by atoms with Crippen LogP contribution in [0.2, 0.25) is 0 Å². The standard InChI is InChI=1S/C17H12FNO4/c1-9-7-11(8-10(2)14(9)18)17(22)23-19-15(20)12-5-3-4-6-13(12)16(19)21/h3-8H,1-2H3. The molecule has 0 saturated carbocycles. The zero-order valence-electron chi connectivity index (χ0n) is 12.4. The van der Waals surface area contributed by atoms with Crippen molar-refractivity contribution in [2.24, 2.45) is 0 Å². The van der Waals surface area contributed by atoms with Crippen LogP contribution in [0.3, 0.4) is 0 Å². The normalized spacial score (nSPS) is 13.3. The first-order valence-electron chi connectivity index (χ1n) is 6.87. The summed E-state index contributed by atoms with van der Waals surface area (Å²) in [6, 6.07) is 8.81. The van der Waals surface area contributed by atoms with Gasteiger partial charge in [0, 0.05) is 0 Å². The van der Waals surface area contributed by atoms with Gasteiger partial charge >= 0.3 is 5.97 Å². The molecule has 116 valence electrons. The van der Waals surface area contributed by atoms with E-state index in [1.807, 2.05) is 0 Å². The molecule has 5 nitrogen and oxygen atoms in total. The lowest BCUT2D eigenvalue weighted by Gasteiger charge is -2.13. The highest BCUT2D eigenvalue weighted by molar-refractivity contribution is 6.21. The summed E-state index contributed by atoms with van der Waals surface area (Å²) in [5, 5.41) is 0.432. The number of hydrogen-bond donors (Lipinski definition) is 0. The quantitative estimate of drug-likeness (QED) is 0.800. The zero-order valence-corrected chi connectivity index (χ0v) is 12.4. The number of fused-ring (bicyclic) bond motifs is 1. The fraction of sp³-hybridized carbons (Fsp3) is 0.118. The van der Waals surface area contributed by atoms with Crippen LogP contribution in [0.15, 0.2) is 36.4 Å². The Morgan fingerprint density at radius 3 is 1.96 bits per heavy atom. The molecule has 1 heterocycles. The molecule has 2 aromatic rings. The number of imide groups is 1. The van der Waals surface area contributed by atoms with Crippen molar-refractivity contribution in [3.63, 3.8) is 0 Å². The van der Waals surface area contributed by atoms with Gasteiger partial charge in [-0.05, 0) is 49.2 Å². The monoisotopic (exact) mass is 313 g/mol. The number of benzene rings is 2. The summed E-state index contributed by atoms with van der Waals surface area (Å²) in [6.45, 7) is 3.03. The van der Waals surface area contributed by atoms with Crippen LogP contribution >= 0.6 is 0 Å². The minimum atomic E-state index is -0.897. The van der Waals surface area contributed by atoms with Gasteiger partial charge < -0.3 is 4.84 Å². The number of hydrogen-bond acceptors (Lipinski definition) is 4. The van der Waals surface area contributed by atoms with Crippen LogP contribution in [0.4, 0.5) is 4.39 Å². The number of hydroxylamine groups is 2. The molecule has 2 aromatic carbocycles. The van der Waals surface area contributed by atoms with E-state index in [2.05, 4.69) is 0 Å². The van der Waals surface area contributed by atoms with Crippen molar-refractivity contribution < 1.29 is 23.6 Å². The molecule has 0 unspecified atom stereocenters. The lowest BCUT2D eigenvalue weighted by Crippen LogP contribution is -2.32. The summed E-state index contributed by atoms with van der Waals surface area (Å²) >= 11 is 0. The molecule has 0 saturated heterocycles. The Labute approximate surface area is 131 Å². The van der Waals surface area contributed by atoms with Crippen LogP contribution in [-0.4, -0.2) is 22.8 Å². The summed E-state index contributed by atoms with van der Waals surface area (Å²) in [6.07, 6.45) is 0. The van der Waals surface area contributed by atoms with E-state index >= 15 is 0 Å². The number of halogens is 1. The van der Waals surface area contributed by atoms with Gasteiger partial charge in [-0.2, -0.15) is 0 Å². The summed E-state index contributed by atoms with van der Waals surface area (Å²) in [5.41, 5.74) is 0.977. The molecule has 0 spiro atoms. The fourth-order valence-corrected chi connectivity index (χ4v) is 2.45. The van der Waals surface area contributed by atoms with E-state index in [0.717, 1.165) is 0 Å². The number of amides is 2. The van der Waals surface area contributed by atoms with Gasteiger partial charge in [0.1, 0.15) is 5.82 Å². The average Bonchev–Trinajstić information content (AvgIpc) is 2.77. The van der Waals surface area contributed by atoms with Crippen molar-refractivity contribution in [3.05, 3.63) is 70.0 Å². The molecule has 2 amide bonds. The van der Waals surface area contributed by atoms with E-state index < -0.39 is 23.6 Å². The molecule has 0 aromatic heterocycles. The first-order valence-corrected chi connectivity index (χ1v) is 6.87. The van der Waals surface area contributed by atoms with Gasteiger partial charge in [0.25, 0.3) is 11.8 Å². The first kappa shape index (κ1) is 14.9. The largest absolute Gasteiger partial charge is 0.363 e. The van der Waals surface area contributed by atoms with E-state index in [1.165, 1.54) is 38.1 Å². The molecule has 23 heavy (non-hydrogen) atoms. The molecule has 6 heteroatoms. The van der Waals surface area contributed by atoms with Gasteiger partial charge in [-0.3, -0.25) is 9.59 Å². The summed E-state index contributed by atoms with van der Waals surface area (Å²) in [7, 11) is 0. The van der Waals surface area contributed by atoms with Crippen LogP contribution in [-0.2, 0) is 4.84 Å². The third-order valence-corrected chi connectivity index (χ3v) is 3.60. The van der Waals surface area contributed by atoms with Gasteiger partial charge in [0.05, 0.1) is 16.7 Å². The molecule has 0 aliphatic carbocycles. The summed E-state index contributed by atoms with van der Waals surface area (Å²) < 4.78 is 13.6. The lowest BCUT2D eigenvalue weighted by atomic mass is 10.1. The Morgan fingerprint density at radius 1 is 1.00 bits per heavy atom. The Kier molecular flexibility index (Phi) is 3.44. The number of carbonyl (C=O) groups excluding carboxylic acids is 3. The SMILES string of the molecule is Cc1cc(C(=O)ON2C(=O)c3ccccc3C2=O)cc(C)c1F. The molecule has 0 bridgehead atoms. The second-order valence-corrected chi connectivity index (χ2v) is 5.25. The Morgan fingerprint density at radius 2 is 1.48 bits per heavy atom. The summed E-state index contributed by atoms with van der Waals surface area (Å²) in [5.74, 6) is -2.71. The van der Waals surface area contributed by atoms with Crippen molar-refractivity contribution in [1.29, 1.82) is 0 Å². The van der Waals surface area contributed by atoms with Crippen LogP contribution in [0.5, 0.6) is 0 Å². The minimum absolute atomic E-state index is 0.0676. The fourth-order valence-electron chi connectivity index (χ4n) is 2.45. The maximum absolute atomic E-state index is 13.6. The maximum Gasteiger partial charge on any atom is 0.363 e. The number of nitrogens with zero attached hydrogens (tertiary/aromatic N) is 1. The minimum Gasteiger partial charge on any atom is -0.324 e. The van der Waals surface area contributed by atoms with Crippen LogP contribution in [0.1, 0.15) is 42.2 Å². The van der Waals surface area contributed by atoms with Gasteiger partial charge in [-0.25, -0.2) is 9.18 Å². The maximum atomic E-state index is 13.6. The number of carbonyl (C=O) groups is 3. The highest BCUT2D eigenvalue weighted by Crippen LogP contribution is 2.24. The number of aryl methyl sites for hydroxylation is 2. The second kappa shape index (κ2) is 5.31. The number of rotatable bonds is 2. The Bertz CT molecular complexity index is 801. The van der Waals surface area contributed by atoms with Crippen LogP contribution in [0.25, 0.3) is 0 Å². The van der Waals surface area contributed by atoms with E-state index in [0.29, 0.717) is 5.06 Å². The molecular weight excluding hydrogens is 301 g/mol. The Hall–Kier alpha value is -3.02. The lowest BCUT2D eigenvalue weighted by molar-refractivity contribution is -0.0584. The highest BCUT2D eigenvalue weighted by Gasteiger charge is 2.38. The van der Waals surface area contributed by atoms with Gasteiger partial charge in [-0.1, -0.05) is 17.2 Å². The predicted octanol–water partition coefficient (Wildman–Crippen LogP) is 2.81. The first-order chi connectivity index (χ1) is 10.9. The molecule has 1 aliphatic heterocycles. The molecule has 0 fully saturated rings. The zero-order chi connectivity index (χ0) is 16.7. The Balaban J connectivity index is 1.88. The van der Waals surface area contributed by atoms with Crippen molar-refractivity contribution in [3.8, 4) is 0 Å². The van der Waals surface area contributed by atoms with E-state index in [1.54, 1.807) is 12.1 Å². The molecule has 0 atom stereocenters. The molecular formula is C17H12FNO4. The van der Waals surface area contributed by atoms with Crippen LogP contribution < -0.4 is 0 Å². The average molecular weight is 313 g/mol. The topological polar surface area (TPSA) is 63.7 Å². The van der Waals surface area contributed by atoms with Crippen molar-refractivity contribution in [1.82, 2.24) is 5.06 Å². The second-order valence-electron chi connectivity index (χ2n) is 5.25. The van der Waals surface area contributed by atoms with Gasteiger partial charge in [0.2, 0.25) is 0 Å². The summed E-state index contributed by atoms with van der Waals surface area (Å²) in [4.78, 5) is 41.4. The third-order valence-electron chi connectivity index (χ3n) is 3.60. The van der Waals surface area contributed by atoms with Crippen molar-refractivity contribution in [2.45, 2.75) is 13.8 Å².